The number of thiophene rings is 1. The van der Waals surface area contributed by atoms with Gasteiger partial charge >= 0.3 is 0 Å². The van der Waals surface area contributed by atoms with Crippen LogP contribution in [0.25, 0.3) is 0 Å². The average Bonchev–Trinajstić information content (AvgIpc) is 2.88. The highest BCUT2D eigenvalue weighted by Crippen LogP contribution is 2.53. The number of rotatable bonds is 1. The monoisotopic (exact) mass is 370 g/mol. The quantitative estimate of drug-likeness (QED) is 0.659. The summed E-state index contributed by atoms with van der Waals surface area (Å²) in [6.07, 6.45) is 2.53. The molecule has 4 heteroatoms. The zero-order valence-corrected chi connectivity index (χ0v) is 17.0. The minimum atomic E-state index is -0.236. The van der Waals surface area contributed by atoms with E-state index in [9.17, 15) is 9.59 Å². The maximum Gasteiger partial charge on any atom is 0.163 e. The largest absolute Gasteiger partial charge is 0.465 e. The second-order valence-corrected chi connectivity index (χ2v) is 10.9. The molecule has 26 heavy (non-hydrogen) atoms. The molecule has 0 fully saturated rings. The second-order valence-electron chi connectivity index (χ2n) is 9.54. The summed E-state index contributed by atoms with van der Waals surface area (Å²) in [5.74, 6) is 1.63. The van der Waals surface area contributed by atoms with Crippen molar-refractivity contribution in [2.75, 3.05) is 0 Å². The summed E-state index contributed by atoms with van der Waals surface area (Å²) in [6.45, 7) is 10.5. The first-order valence-corrected chi connectivity index (χ1v) is 10.1. The van der Waals surface area contributed by atoms with Gasteiger partial charge in [0.15, 0.2) is 11.6 Å². The molecule has 3 nitrogen and oxygen atoms in total. The smallest absolute Gasteiger partial charge is 0.163 e. The van der Waals surface area contributed by atoms with Crippen LogP contribution >= 0.6 is 11.3 Å². The van der Waals surface area contributed by atoms with Gasteiger partial charge in [-0.25, -0.2) is 0 Å². The first-order chi connectivity index (χ1) is 12.1. The van der Waals surface area contributed by atoms with Crippen LogP contribution in [0.2, 0.25) is 0 Å². The van der Waals surface area contributed by atoms with E-state index in [1.54, 1.807) is 11.3 Å². The Bertz CT molecular complexity index is 827. The molecule has 1 aromatic heterocycles. The van der Waals surface area contributed by atoms with Crippen LogP contribution in [0.15, 0.2) is 34.8 Å². The highest BCUT2D eigenvalue weighted by Gasteiger charge is 2.48. The van der Waals surface area contributed by atoms with E-state index in [0.29, 0.717) is 12.8 Å². The molecule has 4 rings (SSSR count). The van der Waals surface area contributed by atoms with Crippen molar-refractivity contribution >= 4 is 22.9 Å². The molecule has 0 radical (unpaired) electrons. The highest BCUT2D eigenvalue weighted by molar-refractivity contribution is 7.12. The van der Waals surface area contributed by atoms with E-state index in [4.69, 9.17) is 4.74 Å². The predicted molar refractivity (Wildman–Crippen MR) is 103 cm³/mol. The Morgan fingerprint density at radius 2 is 1.38 bits per heavy atom. The van der Waals surface area contributed by atoms with Crippen LogP contribution in [0.3, 0.4) is 0 Å². The number of hydrogen-bond acceptors (Lipinski definition) is 4. The van der Waals surface area contributed by atoms with Crippen LogP contribution in [0, 0.1) is 17.8 Å². The van der Waals surface area contributed by atoms with Crippen LogP contribution in [0.4, 0.5) is 0 Å². The molecule has 0 unspecified atom stereocenters. The van der Waals surface area contributed by atoms with Crippen molar-refractivity contribution in [3.8, 4) is 0 Å². The van der Waals surface area contributed by atoms with E-state index in [0.717, 1.165) is 40.4 Å². The molecule has 0 saturated heterocycles. The maximum atomic E-state index is 13.1. The Labute approximate surface area is 159 Å². The molecule has 1 aromatic rings. The lowest BCUT2D eigenvalue weighted by Gasteiger charge is -2.42. The van der Waals surface area contributed by atoms with Gasteiger partial charge < -0.3 is 4.74 Å². The van der Waals surface area contributed by atoms with Gasteiger partial charge in [0, 0.05) is 46.6 Å². The van der Waals surface area contributed by atoms with E-state index in [2.05, 4.69) is 46.8 Å². The highest BCUT2D eigenvalue weighted by atomic mass is 32.1. The lowest BCUT2D eigenvalue weighted by molar-refractivity contribution is -0.120. The fraction of sp³-hybridized carbons (Fsp3) is 0.545. The molecule has 0 N–H and O–H groups in total. The van der Waals surface area contributed by atoms with Gasteiger partial charge in [-0.15, -0.1) is 11.3 Å². The molecule has 0 amide bonds. The van der Waals surface area contributed by atoms with E-state index in [1.807, 2.05) is 0 Å². The summed E-state index contributed by atoms with van der Waals surface area (Å²) in [5.41, 5.74) is 1.27. The van der Waals surface area contributed by atoms with E-state index in [-0.39, 0.29) is 28.3 Å². The first kappa shape index (κ1) is 17.7. The minimum Gasteiger partial charge on any atom is -0.465 e. The van der Waals surface area contributed by atoms with Crippen LogP contribution in [0.1, 0.15) is 69.1 Å². The topological polar surface area (TPSA) is 43.4 Å². The third-order valence-corrected chi connectivity index (χ3v) is 6.69. The Morgan fingerprint density at radius 3 is 1.81 bits per heavy atom. The maximum absolute atomic E-state index is 13.1. The molecule has 0 spiro atoms. The molecule has 1 aliphatic heterocycles. The van der Waals surface area contributed by atoms with Gasteiger partial charge in [0.1, 0.15) is 11.5 Å². The lowest BCUT2D eigenvalue weighted by Crippen LogP contribution is -2.37. The van der Waals surface area contributed by atoms with Crippen molar-refractivity contribution in [2.45, 2.75) is 66.2 Å². The van der Waals surface area contributed by atoms with Crippen molar-refractivity contribution in [1.82, 2.24) is 0 Å². The van der Waals surface area contributed by atoms with Crippen molar-refractivity contribution < 1.29 is 14.3 Å². The number of ketones is 2. The van der Waals surface area contributed by atoms with Crippen molar-refractivity contribution in [1.29, 1.82) is 0 Å². The average molecular weight is 371 g/mol. The number of aryl methyl sites for hydroxylation is 1. The Hall–Kier alpha value is -1.68. The normalized spacial score (nSPS) is 25.1. The number of ether oxygens (including phenoxy) is 1. The van der Waals surface area contributed by atoms with Gasteiger partial charge in [0.25, 0.3) is 0 Å². The Kier molecular flexibility index (Phi) is 3.85. The summed E-state index contributed by atoms with van der Waals surface area (Å²) >= 11 is 1.68. The Morgan fingerprint density at radius 1 is 0.885 bits per heavy atom. The van der Waals surface area contributed by atoms with Crippen LogP contribution in [0.5, 0.6) is 0 Å². The van der Waals surface area contributed by atoms with E-state index in [1.165, 1.54) is 4.88 Å². The molecule has 3 aliphatic rings. The zero-order valence-electron chi connectivity index (χ0n) is 16.2. The SMILES string of the molecule is Cc1ccc(C2C3=C(CC(C)(C)CC3=O)OC3=C2C(=O)CC(C)(C)C3)s1. The molecule has 0 bridgehead atoms. The second kappa shape index (κ2) is 5.66. The van der Waals surface area contributed by atoms with Crippen LogP contribution < -0.4 is 0 Å². The zero-order chi connectivity index (χ0) is 18.9. The number of carbonyl (C=O) groups is 2. The van der Waals surface area contributed by atoms with Crippen molar-refractivity contribution in [2.24, 2.45) is 10.8 Å². The van der Waals surface area contributed by atoms with Crippen LogP contribution in [-0.2, 0) is 14.3 Å². The minimum absolute atomic E-state index is 0.0991. The summed E-state index contributed by atoms with van der Waals surface area (Å²) < 4.78 is 6.29. The molecule has 2 aliphatic carbocycles. The molecule has 2 heterocycles. The molecule has 0 aromatic carbocycles. The van der Waals surface area contributed by atoms with Gasteiger partial charge in [-0.3, -0.25) is 9.59 Å². The summed E-state index contributed by atoms with van der Waals surface area (Å²) in [6, 6.07) is 4.15. The third-order valence-electron chi connectivity index (χ3n) is 5.63. The van der Waals surface area contributed by atoms with E-state index >= 15 is 0 Å². The van der Waals surface area contributed by atoms with E-state index < -0.39 is 0 Å². The molecule has 0 atom stereocenters. The van der Waals surface area contributed by atoms with Gasteiger partial charge in [0.05, 0.1) is 5.92 Å². The predicted octanol–water partition coefficient (Wildman–Crippen LogP) is 5.46. The summed E-state index contributed by atoms with van der Waals surface area (Å²) in [7, 11) is 0. The third kappa shape index (κ3) is 2.88. The fourth-order valence-electron chi connectivity index (χ4n) is 4.57. The molecular formula is C22H26O3S. The van der Waals surface area contributed by atoms with Gasteiger partial charge in [0.2, 0.25) is 0 Å². The summed E-state index contributed by atoms with van der Waals surface area (Å²) in [4.78, 5) is 28.4. The number of allylic oxidation sites excluding steroid dienone is 4. The van der Waals surface area contributed by atoms with Gasteiger partial charge in [-0.1, -0.05) is 27.7 Å². The number of hydrogen-bond donors (Lipinski definition) is 0. The Balaban J connectivity index is 1.90. The standard InChI is InChI=1S/C22H26O3S/c1-12-6-7-17(26-12)20-18-13(23)8-21(2,3)10-15(18)25-16-11-22(4,5)9-14(24)19(16)20/h6-7,20H,8-11H2,1-5H3. The molecule has 0 saturated carbocycles. The summed E-state index contributed by atoms with van der Waals surface area (Å²) in [5, 5.41) is 0. The van der Waals surface area contributed by atoms with Gasteiger partial charge in [-0.2, -0.15) is 0 Å². The number of carbonyl (C=O) groups excluding carboxylic acids is 2. The van der Waals surface area contributed by atoms with Gasteiger partial charge in [-0.05, 0) is 29.9 Å². The number of Topliss-reactive ketones (excluding diaryl/α,β-unsaturated/α-hetero) is 2. The first-order valence-electron chi connectivity index (χ1n) is 9.33. The van der Waals surface area contributed by atoms with Crippen molar-refractivity contribution in [3.05, 3.63) is 44.6 Å². The molecular weight excluding hydrogens is 344 g/mol. The molecule has 138 valence electrons. The fourth-order valence-corrected chi connectivity index (χ4v) is 5.57. The van der Waals surface area contributed by atoms with Crippen molar-refractivity contribution in [3.63, 3.8) is 0 Å². The van der Waals surface area contributed by atoms with Crippen LogP contribution in [-0.4, -0.2) is 11.6 Å². The lowest BCUT2D eigenvalue weighted by atomic mass is 9.67.